The largest absolute Gasteiger partial charge is 0.314 e. The van der Waals surface area contributed by atoms with Gasteiger partial charge in [0.25, 0.3) is 0 Å². The van der Waals surface area contributed by atoms with Crippen LogP contribution in [0.5, 0.6) is 0 Å². The van der Waals surface area contributed by atoms with Crippen LogP contribution < -0.4 is 5.32 Å². The summed E-state index contributed by atoms with van der Waals surface area (Å²) >= 11 is 0. The number of nitrogens with one attached hydrogen (secondary N) is 1. The lowest BCUT2D eigenvalue weighted by Crippen LogP contribution is -2.45. The van der Waals surface area contributed by atoms with Crippen molar-refractivity contribution in [1.29, 1.82) is 0 Å². The molecule has 1 unspecified atom stereocenters. The zero-order chi connectivity index (χ0) is 15.5. The monoisotopic (exact) mass is 298 g/mol. The fraction of sp³-hybridized carbons (Fsp3) is 0.368. The van der Waals surface area contributed by atoms with E-state index in [1.165, 1.54) is 16.7 Å². The SMILES string of the molecule is Cc1ccc(C(c2ccc(F)cc2)N2CCNCC2)c(C)c1. The number of nitrogens with zero attached hydrogens (tertiary/aromatic N) is 1. The molecule has 0 bridgehead atoms. The predicted octanol–water partition coefficient (Wildman–Crippen LogP) is 3.44. The smallest absolute Gasteiger partial charge is 0.123 e. The molecule has 3 rings (SSSR count). The number of rotatable bonds is 3. The average molecular weight is 298 g/mol. The van der Waals surface area contributed by atoms with Crippen LogP contribution >= 0.6 is 0 Å². The maximum atomic E-state index is 13.3. The minimum atomic E-state index is -0.177. The van der Waals surface area contributed by atoms with Crippen molar-refractivity contribution in [3.05, 3.63) is 70.5 Å². The number of hydrogen-bond donors (Lipinski definition) is 1. The second kappa shape index (κ2) is 6.59. The molecular formula is C19H23FN2. The molecule has 22 heavy (non-hydrogen) atoms. The molecule has 0 amide bonds. The number of piperazine rings is 1. The van der Waals surface area contributed by atoms with Gasteiger partial charge in [0.2, 0.25) is 0 Å². The summed E-state index contributed by atoms with van der Waals surface area (Å²) in [5.74, 6) is -0.177. The average Bonchev–Trinajstić information content (AvgIpc) is 2.52. The van der Waals surface area contributed by atoms with Crippen molar-refractivity contribution in [3.8, 4) is 0 Å². The van der Waals surface area contributed by atoms with Gasteiger partial charge in [-0.2, -0.15) is 0 Å². The summed E-state index contributed by atoms with van der Waals surface area (Å²) in [5, 5.41) is 3.40. The highest BCUT2D eigenvalue weighted by molar-refractivity contribution is 5.39. The van der Waals surface area contributed by atoms with Crippen molar-refractivity contribution in [1.82, 2.24) is 10.2 Å². The van der Waals surface area contributed by atoms with Crippen LogP contribution in [0, 0.1) is 19.7 Å². The molecule has 1 aliphatic heterocycles. The van der Waals surface area contributed by atoms with Crippen LogP contribution in [0.1, 0.15) is 28.3 Å². The molecule has 116 valence electrons. The predicted molar refractivity (Wildman–Crippen MR) is 88.6 cm³/mol. The molecule has 1 aliphatic rings. The Morgan fingerprint density at radius 3 is 2.32 bits per heavy atom. The zero-order valence-electron chi connectivity index (χ0n) is 13.3. The third kappa shape index (κ3) is 3.21. The molecule has 3 heteroatoms. The molecule has 1 N–H and O–H groups in total. The third-order valence-corrected chi connectivity index (χ3v) is 4.42. The van der Waals surface area contributed by atoms with Gasteiger partial charge in [-0.3, -0.25) is 4.90 Å². The second-order valence-electron chi connectivity index (χ2n) is 6.10. The van der Waals surface area contributed by atoms with Gasteiger partial charge in [-0.05, 0) is 42.7 Å². The maximum absolute atomic E-state index is 13.3. The fourth-order valence-corrected chi connectivity index (χ4v) is 3.30. The van der Waals surface area contributed by atoms with Gasteiger partial charge in [-0.15, -0.1) is 0 Å². The van der Waals surface area contributed by atoms with Gasteiger partial charge in [-0.1, -0.05) is 35.9 Å². The van der Waals surface area contributed by atoms with Crippen molar-refractivity contribution in [2.75, 3.05) is 26.2 Å². The molecule has 0 radical (unpaired) electrons. The first-order chi connectivity index (χ1) is 10.6. The fourth-order valence-electron chi connectivity index (χ4n) is 3.30. The van der Waals surface area contributed by atoms with E-state index in [4.69, 9.17) is 0 Å². The highest BCUT2D eigenvalue weighted by Crippen LogP contribution is 2.31. The number of hydrogen-bond acceptors (Lipinski definition) is 2. The normalized spacial score (nSPS) is 17.4. The lowest BCUT2D eigenvalue weighted by molar-refractivity contribution is 0.198. The Kier molecular flexibility index (Phi) is 4.55. The summed E-state index contributed by atoms with van der Waals surface area (Å²) in [6.45, 7) is 8.31. The van der Waals surface area contributed by atoms with Gasteiger partial charge in [0.05, 0.1) is 6.04 Å². The summed E-state index contributed by atoms with van der Waals surface area (Å²) in [5.41, 5.74) is 5.06. The van der Waals surface area contributed by atoms with E-state index in [2.05, 4.69) is 42.3 Å². The lowest BCUT2D eigenvalue weighted by atomic mass is 9.92. The first-order valence-electron chi connectivity index (χ1n) is 7.92. The highest BCUT2D eigenvalue weighted by Gasteiger charge is 2.25. The van der Waals surface area contributed by atoms with E-state index in [1.807, 2.05) is 12.1 Å². The minimum absolute atomic E-state index is 0.177. The van der Waals surface area contributed by atoms with Crippen LogP contribution in [0.2, 0.25) is 0 Å². The minimum Gasteiger partial charge on any atom is -0.314 e. The van der Waals surface area contributed by atoms with E-state index in [1.54, 1.807) is 12.1 Å². The first-order valence-corrected chi connectivity index (χ1v) is 7.92. The Morgan fingerprint density at radius 1 is 1.00 bits per heavy atom. The topological polar surface area (TPSA) is 15.3 Å². The molecule has 0 saturated carbocycles. The molecule has 2 aromatic rings. The Labute approximate surface area is 132 Å². The molecule has 1 fully saturated rings. The van der Waals surface area contributed by atoms with E-state index in [9.17, 15) is 4.39 Å². The van der Waals surface area contributed by atoms with Crippen molar-refractivity contribution >= 4 is 0 Å². The molecule has 1 heterocycles. The van der Waals surface area contributed by atoms with Gasteiger partial charge in [-0.25, -0.2) is 4.39 Å². The summed E-state index contributed by atoms with van der Waals surface area (Å²) in [6.07, 6.45) is 0. The summed E-state index contributed by atoms with van der Waals surface area (Å²) in [4.78, 5) is 2.49. The summed E-state index contributed by atoms with van der Waals surface area (Å²) < 4.78 is 13.3. The molecule has 2 nitrogen and oxygen atoms in total. The number of aryl methyl sites for hydroxylation is 2. The van der Waals surface area contributed by atoms with Crippen LogP contribution in [-0.2, 0) is 0 Å². The van der Waals surface area contributed by atoms with E-state index in [0.717, 1.165) is 31.7 Å². The van der Waals surface area contributed by atoms with Crippen LogP contribution in [0.3, 0.4) is 0 Å². The molecule has 2 aromatic carbocycles. The Morgan fingerprint density at radius 2 is 1.68 bits per heavy atom. The van der Waals surface area contributed by atoms with Crippen molar-refractivity contribution in [2.45, 2.75) is 19.9 Å². The van der Waals surface area contributed by atoms with Crippen molar-refractivity contribution in [2.24, 2.45) is 0 Å². The number of halogens is 1. The zero-order valence-corrected chi connectivity index (χ0v) is 13.3. The molecule has 0 spiro atoms. The quantitative estimate of drug-likeness (QED) is 0.934. The summed E-state index contributed by atoms with van der Waals surface area (Å²) in [7, 11) is 0. The molecular weight excluding hydrogens is 275 g/mol. The van der Waals surface area contributed by atoms with Gasteiger partial charge < -0.3 is 5.32 Å². The van der Waals surface area contributed by atoms with Gasteiger partial charge in [0.15, 0.2) is 0 Å². The van der Waals surface area contributed by atoms with Crippen LogP contribution in [-0.4, -0.2) is 31.1 Å². The maximum Gasteiger partial charge on any atom is 0.123 e. The molecule has 1 atom stereocenters. The van der Waals surface area contributed by atoms with Gasteiger partial charge in [0.1, 0.15) is 5.82 Å². The van der Waals surface area contributed by atoms with Crippen molar-refractivity contribution in [3.63, 3.8) is 0 Å². The second-order valence-corrected chi connectivity index (χ2v) is 6.10. The molecule has 0 aliphatic carbocycles. The van der Waals surface area contributed by atoms with Crippen molar-refractivity contribution < 1.29 is 4.39 Å². The Hall–Kier alpha value is -1.71. The summed E-state index contributed by atoms with van der Waals surface area (Å²) in [6, 6.07) is 13.8. The number of benzene rings is 2. The van der Waals surface area contributed by atoms with E-state index in [0.29, 0.717) is 0 Å². The standard InChI is InChI=1S/C19H23FN2/c1-14-3-8-18(15(2)13-14)19(22-11-9-21-10-12-22)16-4-6-17(20)7-5-16/h3-8,13,19,21H,9-12H2,1-2H3. The van der Waals surface area contributed by atoms with E-state index >= 15 is 0 Å². The molecule has 0 aromatic heterocycles. The van der Waals surface area contributed by atoms with E-state index < -0.39 is 0 Å². The van der Waals surface area contributed by atoms with Crippen LogP contribution in [0.15, 0.2) is 42.5 Å². The van der Waals surface area contributed by atoms with E-state index in [-0.39, 0.29) is 11.9 Å². The Balaban J connectivity index is 2.03. The van der Waals surface area contributed by atoms with Crippen LogP contribution in [0.4, 0.5) is 4.39 Å². The highest BCUT2D eigenvalue weighted by atomic mass is 19.1. The third-order valence-electron chi connectivity index (χ3n) is 4.42. The van der Waals surface area contributed by atoms with Crippen LogP contribution in [0.25, 0.3) is 0 Å². The molecule has 1 saturated heterocycles. The van der Waals surface area contributed by atoms with Gasteiger partial charge in [0, 0.05) is 26.2 Å². The van der Waals surface area contributed by atoms with Gasteiger partial charge >= 0.3 is 0 Å². The Bertz CT molecular complexity index is 630. The lowest BCUT2D eigenvalue weighted by Gasteiger charge is -2.36. The first kappa shape index (κ1) is 15.2.